The van der Waals surface area contributed by atoms with Crippen LogP contribution in [0.25, 0.3) is 11.4 Å². The standard InChI is InChI=1S/C26H24F4N4O3/c1-15-16-10-21(22(11-16)37-23-7-6-17(12-31-23)26(28,29)30)34(15)25(35)20-5-3-2-4-19(20)24-32-13-18(14-33-24)36-9-8-27/h2-7,12-16,21-22H,8-11H2,1H3. The summed E-state index contributed by atoms with van der Waals surface area (Å²) >= 11 is 0. The number of rotatable bonds is 7. The Labute approximate surface area is 210 Å². The molecule has 1 saturated carbocycles. The van der Waals surface area contributed by atoms with Crippen LogP contribution in [0.15, 0.2) is 55.0 Å². The van der Waals surface area contributed by atoms with Crippen molar-refractivity contribution in [2.24, 2.45) is 5.92 Å². The van der Waals surface area contributed by atoms with Gasteiger partial charge in [-0.05, 0) is 37.8 Å². The van der Waals surface area contributed by atoms with E-state index in [0.717, 1.165) is 18.7 Å². The first kappa shape index (κ1) is 24.9. The lowest BCUT2D eigenvalue weighted by molar-refractivity contribution is -0.137. The van der Waals surface area contributed by atoms with Crippen LogP contribution in [0.1, 0.15) is 35.7 Å². The summed E-state index contributed by atoms with van der Waals surface area (Å²) in [6.07, 6.45) is 0.167. The Morgan fingerprint density at radius 1 is 1.05 bits per heavy atom. The van der Waals surface area contributed by atoms with Crippen molar-refractivity contribution in [3.8, 4) is 23.0 Å². The second kappa shape index (κ2) is 9.95. The maximum absolute atomic E-state index is 13.8. The van der Waals surface area contributed by atoms with Crippen molar-refractivity contribution in [1.29, 1.82) is 0 Å². The summed E-state index contributed by atoms with van der Waals surface area (Å²) in [5, 5.41) is 0. The minimum atomic E-state index is -4.48. The number of piperidine rings is 1. The number of hydrogen-bond acceptors (Lipinski definition) is 6. The van der Waals surface area contributed by atoms with Crippen molar-refractivity contribution in [1.82, 2.24) is 19.9 Å². The van der Waals surface area contributed by atoms with E-state index in [1.54, 1.807) is 29.2 Å². The lowest BCUT2D eigenvalue weighted by Crippen LogP contribution is -2.51. The average molecular weight is 516 g/mol. The molecule has 194 valence electrons. The van der Waals surface area contributed by atoms with Crippen LogP contribution in [0, 0.1) is 5.92 Å². The van der Waals surface area contributed by atoms with E-state index < -0.39 is 18.4 Å². The van der Waals surface area contributed by atoms with Gasteiger partial charge in [-0.25, -0.2) is 19.3 Å². The molecule has 2 bridgehead atoms. The summed E-state index contributed by atoms with van der Waals surface area (Å²) in [5.74, 6) is 0.742. The number of pyridine rings is 1. The zero-order chi connectivity index (χ0) is 26.2. The van der Waals surface area contributed by atoms with Gasteiger partial charge >= 0.3 is 6.18 Å². The lowest BCUT2D eigenvalue weighted by Gasteiger charge is -2.38. The Kier molecular flexibility index (Phi) is 6.70. The molecular weight excluding hydrogens is 492 g/mol. The molecule has 3 heterocycles. The molecule has 11 heteroatoms. The van der Waals surface area contributed by atoms with Gasteiger partial charge in [0.25, 0.3) is 5.91 Å². The maximum atomic E-state index is 13.8. The number of alkyl halides is 4. The Hall–Kier alpha value is -3.76. The van der Waals surface area contributed by atoms with Gasteiger partial charge in [0.15, 0.2) is 11.6 Å². The SMILES string of the molecule is CC1C2CC(Oc3ccc(C(F)(F)F)cn3)C(C2)N1C(=O)c1ccccc1-c1ncc(OCCF)cn1. The Balaban J connectivity index is 1.36. The number of halogens is 4. The van der Waals surface area contributed by atoms with E-state index in [1.165, 1.54) is 18.5 Å². The molecular formula is C26H24F4N4O3. The number of likely N-dealkylation sites (tertiary alicyclic amines) is 1. The summed E-state index contributed by atoms with van der Waals surface area (Å²) < 4.78 is 62.1. The zero-order valence-corrected chi connectivity index (χ0v) is 19.9. The molecule has 0 N–H and O–H groups in total. The van der Waals surface area contributed by atoms with Crippen LogP contribution >= 0.6 is 0 Å². The molecule has 3 aromatic rings. The van der Waals surface area contributed by atoms with Gasteiger partial charge in [0.2, 0.25) is 5.88 Å². The number of fused-ring (bicyclic) bond motifs is 2. The third-order valence-corrected chi connectivity index (χ3v) is 6.93. The van der Waals surface area contributed by atoms with E-state index in [4.69, 9.17) is 9.47 Å². The van der Waals surface area contributed by atoms with E-state index in [1.807, 2.05) is 6.92 Å². The summed E-state index contributed by atoms with van der Waals surface area (Å²) in [7, 11) is 0. The van der Waals surface area contributed by atoms with Crippen molar-refractivity contribution in [3.63, 3.8) is 0 Å². The number of carbonyl (C=O) groups excluding carboxylic acids is 1. The quantitative estimate of drug-likeness (QED) is 0.413. The Morgan fingerprint density at radius 2 is 1.81 bits per heavy atom. The third kappa shape index (κ3) is 4.94. The molecule has 1 aliphatic heterocycles. The summed E-state index contributed by atoms with van der Waals surface area (Å²) in [6, 6.07) is 8.86. The van der Waals surface area contributed by atoms with Gasteiger partial charge in [-0.3, -0.25) is 4.79 Å². The van der Waals surface area contributed by atoms with E-state index in [9.17, 15) is 22.4 Å². The molecule has 0 radical (unpaired) electrons. The summed E-state index contributed by atoms with van der Waals surface area (Å²) in [4.78, 5) is 28.0. The van der Waals surface area contributed by atoms with Crippen molar-refractivity contribution in [2.45, 2.75) is 44.1 Å². The predicted molar refractivity (Wildman–Crippen MR) is 125 cm³/mol. The first-order valence-corrected chi connectivity index (χ1v) is 11.9. The highest BCUT2D eigenvalue weighted by molar-refractivity contribution is 6.00. The molecule has 4 unspecified atom stereocenters. The van der Waals surface area contributed by atoms with Crippen molar-refractivity contribution in [2.75, 3.05) is 13.3 Å². The molecule has 2 aromatic heterocycles. The van der Waals surface area contributed by atoms with Crippen LogP contribution in [0.2, 0.25) is 0 Å². The minimum absolute atomic E-state index is 0.0386. The molecule has 1 amide bonds. The summed E-state index contributed by atoms with van der Waals surface area (Å²) in [6.45, 7) is 1.26. The highest BCUT2D eigenvalue weighted by Gasteiger charge is 2.53. The predicted octanol–water partition coefficient (Wildman–Crippen LogP) is 4.98. The first-order valence-electron chi connectivity index (χ1n) is 11.9. The van der Waals surface area contributed by atoms with Gasteiger partial charge in [0, 0.05) is 23.9 Å². The van der Waals surface area contributed by atoms with Gasteiger partial charge in [0.1, 0.15) is 19.4 Å². The third-order valence-electron chi connectivity index (χ3n) is 6.93. The molecule has 2 aliphatic rings. The fraction of sp³-hybridized carbons (Fsp3) is 0.385. The van der Waals surface area contributed by atoms with Crippen LogP contribution in [0.5, 0.6) is 11.6 Å². The number of carbonyl (C=O) groups is 1. The topological polar surface area (TPSA) is 77.4 Å². The van der Waals surface area contributed by atoms with Crippen molar-refractivity contribution in [3.05, 3.63) is 66.1 Å². The number of benzene rings is 1. The molecule has 1 saturated heterocycles. The second-order valence-corrected chi connectivity index (χ2v) is 9.12. The number of hydrogen-bond donors (Lipinski definition) is 0. The van der Waals surface area contributed by atoms with Crippen molar-refractivity contribution >= 4 is 5.91 Å². The molecule has 5 rings (SSSR count). The molecule has 1 aromatic carbocycles. The van der Waals surface area contributed by atoms with Gasteiger partial charge in [0.05, 0.1) is 29.6 Å². The monoisotopic (exact) mass is 516 g/mol. The molecule has 7 nitrogen and oxygen atoms in total. The number of aromatic nitrogens is 3. The van der Waals surface area contributed by atoms with Gasteiger partial charge < -0.3 is 14.4 Å². The minimum Gasteiger partial charge on any atom is -0.488 e. The normalized spacial score (nSPS) is 22.8. The zero-order valence-electron chi connectivity index (χ0n) is 19.9. The molecule has 37 heavy (non-hydrogen) atoms. The highest BCUT2D eigenvalue weighted by atomic mass is 19.4. The highest BCUT2D eigenvalue weighted by Crippen LogP contribution is 2.45. The van der Waals surface area contributed by atoms with Gasteiger partial charge in [-0.1, -0.05) is 18.2 Å². The largest absolute Gasteiger partial charge is 0.488 e. The fourth-order valence-electron chi connectivity index (χ4n) is 5.15. The molecule has 1 aliphatic carbocycles. The lowest BCUT2D eigenvalue weighted by atomic mass is 9.97. The van der Waals surface area contributed by atoms with Gasteiger partial charge in [-0.15, -0.1) is 0 Å². The van der Waals surface area contributed by atoms with E-state index in [2.05, 4.69) is 15.0 Å². The molecule has 0 spiro atoms. The van der Waals surface area contributed by atoms with E-state index in [0.29, 0.717) is 29.1 Å². The Bertz CT molecular complexity index is 1250. The second-order valence-electron chi connectivity index (χ2n) is 9.12. The number of ether oxygens (including phenoxy) is 2. The number of amides is 1. The number of nitrogens with zero attached hydrogens (tertiary/aromatic N) is 4. The van der Waals surface area contributed by atoms with Crippen LogP contribution in [0.3, 0.4) is 0 Å². The van der Waals surface area contributed by atoms with Crippen LogP contribution in [-0.4, -0.2) is 57.2 Å². The van der Waals surface area contributed by atoms with Crippen LogP contribution < -0.4 is 9.47 Å². The van der Waals surface area contributed by atoms with Crippen molar-refractivity contribution < 1.29 is 31.8 Å². The maximum Gasteiger partial charge on any atom is 0.417 e. The molecule has 4 atom stereocenters. The van der Waals surface area contributed by atoms with Crippen LogP contribution in [-0.2, 0) is 6.18 Å². The average Bonchev–Trinajstić information content (AvgIpc) is 3.45. The first-order chi connectivity index (χ1) is 17.8. The fourth-order valence-corrected chi connectivity index (χ4v) is 5.15. The smallest absolute Gasteiger partial charge is 0.417 e. The molecule has 2 fully saturated rings. The van der Waals surface area contributed by atoms with E-state index in [-0.39, 0.29) is 42.5 Å². The van der Waals surface area contributed by atoms with Gasteiger partial charge in [-0.2, -0.15) is 13.2 Å². The van der Waals surface area contributed by atoms with E-state index >= 15 is 0 Å². The Morgan fingerprint density at radius 3 is 2.46 bits per heavy atom. The summed E-state index contributed by atoms with van der Waals surface area (Å²) in [5.41, 5.74) is 0.117. The van der Waals surface area contributed by atoms with Crippen LogP contribution in [0.4, 0.5) is 17.6 Å².